The number of nitrogens with one attached hydrogen (secondary N) is 2. The van der Waals surface area contributed by atoms with Gasteiger partial charge >= 0.3 is 0 Å². The number of nitro benzene ring substituents is 1. The highest BCUT2D eigenvalue weighted by Gasteiger charge is 2.16. The first-order chi connectivity index (χ1) is 8.60. The van der Waals surface area contributed by atoms with Crippen molar-refractivity contribution in [3.05, 3.63) is 33.9 Å². The van der Waals surface area contributed by atoms with Crippen LogP contribution in [0.15, 0.2) is 18.2 Å². The van der Waals surface area contributed by atoms with E-state index >= 15 is 0 Å². The Morgan fingerprint density at radius 1 is 1.50 bits per heavy atom. The summed E-state index contributed by atoms with van der Waals surface area (Å²) in [5, 5.41) is 24.9. The fourth-order valence-corrected chi connectivity index (χ4v) is 1.43. The first-order valence-electron chi connectivity index (χ1n) is 5.51. The van der Waals surface area contributed by atoms with Crippen LogP contribution < -0.4 is 10.6 Å². The Labute approximate surface area is 104 Å². The lowest BCUT2D eigenvalue weighted by molar-refractivity contribution is -0.384. The number of carbonyl (C=O) groups excluding carboxylic acids is 1. The van der Waals surface area contributed by atoms with Gasteiger partial charge in [-0.3, -0.25) is 14.9 Å². The second-order valence-electron chi connectivity index (χ2n) is 3.50. The Bertz CT molecular complexity index is 448. The van der Waals surface area contributed by atoms with Gasteiger partial charge in [-0.2, -0.15) is 0 Å². The van der Waals surface area contributed by atoms with Crippen LogP contribution >= 0.6 is 0 Å². The average Bonchev–Trinajstić information content (AvgIpc) is 2.36. The molecule has 1 rings (SSSR count). The summed E-state index contributed by atoms with van der Waals surface area (Å²) >= 11 is 0. The molecule has 0 heterocycles. The minimum atomic E-state index is -0.567. The van der Waals surface area contributed by atoms with Crippen LogP contribution in [0.1, 0.15) is 17.3 Å². The molecule has 0 aliphatic rings. The van der Waals surface area contributed by atoms with Crippen LogP contribution in [0.5, 0.6) is 0 Å². The minimum Gasteiger partial charge on any atom is -0.395 e. The Hall–Kier alpha value is -2.15. The maximum absolute atomic E-state index is 11.6. The highest BCUT2D eigenvalue weighted by molar-refractivity contribution is 5.95. The van der Waals surface area contributed by atoms with Crippen molar-refractivity contribution in [2.45, 2.75) is 6.92 Å². The van der Waals surface area contributed by atoms with Gasteiger partial charge in [0.1, 0.15) is 5.69 Å². The third-order valence-corrected chi connectivity index (χ3v) is 2.22. The summed E-state index contributed by atoms with van der Waals surface area (Å²) in [7, 11) is 0. The molecule has 0 aliphatic heterocycles. The summed E-state index contributed by atoms with van der Waals surface area (Å²) in [5.74, 6) is -0.352. The van der Waals surface area contributed by atoms with E-state index in [1.807, 2.05) is 0 Å². The summed E-state index contributed by atoms with van der Waals surface area (Å²) in [6, 6.07) is 4.17. The molecule has 0 aliphatic carbocycles. The average molecular weight is 253 g/mol. The van der Waals surface area contributed by atoms with Crippen molar-refractivity contribution < 1.29 is 14.8 Å². The number of benzene rings is 1. The molecule has 0 fully saturated rings. The number of hydrogen-bond acceptors (Lipinski definition) is 5. The molecule has 0 saturated carbocycles. The molecule has 0 unspecified atom stereocenters. The van der Waals surface area contributed by atoms with E-state index in [0.29, 0.717) is 6.54 Å². The normalized spacial score (nSPS) is 9.89. The number of hydrogen-bond donors (Lipinski definition) is 3. The molecule has 7 heteroatoms. The Kier molecular flexibility index (Phi) is 5.06. The molecule has 7 nitrogen and oxygen atoms in total. The van der Waals surface area contributed by atoms with Gasteiger partial charge in [-0.15, -0.1) is 0 Å². The highest BCUT2D eigenvalue weighted by Crippen LogP contribution is 2.25. The summed E-state index contributed by atoms with van der Waals surface area (Å²) in [4.78, 5) is 21.9. The van der Waals surface area contributed by atoms with Crippen molar-refractivity contribution in [1.82, 2.24) is 5.32 Å². The molecule has 0 aromatic heterocycles. The lowest BCUT2D eigenvalue weighted by Crippen LogP contribution is -2.22. The number of amides is 1. The van der Waals surface area contributed by atoms with Gasteiger partial charge in [-0.05, 0) is 19.1 Å². The molecule has 1 amide bonds. The van der Waals surface area contributed by atoms with Crippen molar-refractivity contribution in [2.24, 2.45) is 0 Å². The first-order valence-corrected chi connectivity index (χ1v) is 5.51. The van der Waals surface area contributed by atoms with Crippen LogP contribution in [-0.2, 0) is 0 Å². The molecule has 0 spiro atoms. The second kappa shape index (κ2) is 6.55. The number of anilines is 1. The molecule has 1 aromatic rings. The Morgan fingerprint density at radius 3 is 2.78 bits per heavy atom. The van der Waals surface area contributed by atoms with Gasteiger partial charge in [0.25, 0.3) is 11.6 Å². The maximum atomic E-state index is 11.6. The largest absolute Gasteiger partial charge is 0.395 e. The predicted octanol–water partition coefficient (Wildman–Crippen LogP) is 0.749. The zero-order valence-electron chi connectivity index (χ0n) is 9.97. The lowest BCUT2D eigenvalue weighted by atomic mass is 10.1. The van der Waals surface area contributed by atoms with E-state index in [1.165, 1.54) is 18.2 Å². The second-order valence-corrected chi connectivity index (χ2v) is 3.50. The van der Waals surface area contributed by atoms with Crippen LogP contribution in [0.2, 0.25) is 0 Å². The van der Waals surface area contributed by atoms with Crippen LogP contribution in [0.3, 0.4) is 0 Å². The molecule has 0 saturated heterocycles. The molecule has 0 bridgehead atoms. The van der Waals surface area contributed by atoms with Crippen LogP contribution in [0, 0.1) is 10.1 Å². The van der Waals surface area contributed by atoms with Gasteiger partial charge in [-0.25, -0.2) is 0 Å². The number of aliphatic hydroxyl groups is 1. The lowest BCUT2D eigenvalue weighted by Gasteiger charge is -2.07. The highest BCUT2D eigenvalue weighted by atomic mass is 16.6. The summed E-state index contributed by atoms with van der Waals surface area (Å²) in [6.07, 6.45) is 0. The van der Waals surface area contributed by atoms with Gasteiger partial charge < -0.3 is 15.7 Å². The summed E-state index contributed by atoms with van der Waals surface area (Å²) < 4.78 is 0. The number of carbonyl (C=O) groups is 1. The first kappa shape index (κ1) is 13.9. The van der Waals surface area contributed by atoms with Crippen molar-refractivity contribution in [2.75, 3.05) is 25.0 Å². The zero-order valence-corrected chi connectivity index (χ0v) is 9.97. The van der Waals surface area contributed by atoms with Gasteiger partial charge in [0.15, 0.2) is 0 Å². The van der Waals surface area contributed by atoms with Crippen molar-refractivity contribution in [1.29, 1.82) is 0 Å². The van der Waals surface area contributed by atoms with Crippen molar-refractivity contribution in [3.8, 4) is 0 Å². The molecule has 0 atom stereocenters. The van der Waals surface area contributed by atoms with E-state index in [1.54, 1.807) is 6.92 Å². The van der Waals surface area contributed by atoms with Gasteiger partial charge in [0.2, 0.25) is 0 Å². The summed E-state index contributed by atoms with van der Waals surface area (Å²) in [6.45, 7) is 2.30. The van der Waals surface area contributed by atoms with E-state index in [2.05, 4.69) is 10.6 Å². The smallest absolute Gasteiger partial charge is 0.293 e. The molecular weight excluding hydrogens is 238 g/mol. The van der Waals surface area contributed by atoms with Gasteiger partial charge in [0, 0.05) is 24.7 Å². The Morgan fingerprint density at radius 2 is 2.22 bits per heavy atom. The number of nitro groups is 1. The van der Waals surface area contributed by atoms with Crippen molar-refractivity contribution in [3.63, 3.8) is 0 Å². The van der Waals surface area contributed by atoms with Crippen LogP contribution in [0.4, 0.5) is 11.4 Å². The quantitative estimate of drug-likeness (QED) is 0.512. The molecule has 3 N–H and O–H groups in total. The molecule has 1 aromatic carbocycles. The monoisotopic (exact) mass is 253 g/mol. The Balaban J connectivity index is 3.03. The van der Waals surface area contributed by atoms with Crippen LogP contribution in [-0.4, -0.2) is 35.6 Å². The summed E-state index contributed by atoms with van der Waals surface area (Å²) in [5.41, 5.74) is 0.326. The van der Waals surface area contributed by atoms with E-state index in [0.717, 1.165) is 0 Å². The number of rotatable bonds is 6. The molecule has 98 valence electrons. The zero-order chi connectivity index (χ0) is 13.5. The van der Waals surface area contributed by atoms with Crippen LogP contribution in [0.25, 0.3) is 0 Å². The third-order valence-electron chi connectivity index (χ3n) is 2.22. The fraction of sp³-hybridized carbons (Fsp3) is 0.364. The van der Waals surface area contributed by atoms with E-state index in [-0.39, 0.29) is 36.0 Å². The van der Waals surface area contributed by atoms with Crippen molar-refractivity contribution >= 4 is 17.3 Å². The maximum Gasteiger partial charge on any atom is 0.293 e. The topological polar surface area (TPSA) is 104 Å². The fourth-order valence-electron chi connectivity index (χ4n) is 1.43. The van der Waals surface area contributed by atoms with Gasteiger partial charge in [-0.1, -0.05) is 0 Å². The van der Waals surface area contributed by atoms with E-state index in [4.69, 9.17) is 5.11 Å². The molecule has 0 radical (unpaired) electrons. The third kappa shape index (κ3) is 3.42. The van der Waals surface area contributed by atoms with Gasteiger partial charge in [0.05, 0.1) is 11.5 Å². The number of nitrogens with zero attached hydrogens (tertiary/aromatic N) is 1. The molecular formula is C11H15N3O4. The minimum absolute atomic E-state index is 0.130. The van der Waals surface area contributed by atoms with E-state index in [9.17, 15) is 14.9 Å². The molecule has 18 heavy (non-hydrogen) atoms. The van der Waals surface area contributed by atoms with E-state index < -0.39 is 4.92 Å². The number of aliphatic hydroxyl groups excluding tert-OH is 1. The predicted molar refractivity (Wildman–Crippen MR) is 66.7 cm³/mol. The standard InChI is InChI=1S/C11H15N3O4/c1-2-12-11(16)8-3-4-9(13-5-6-15)10(7-8)14(17)18/h3-4,7,13,15H,2,5-6H2,1H3,(H,12,16). The SMILES string of the molecule is CCNC(=O)c1ccc(NCCO)c([N+](=O)[O-])c1.